The molecule has 0 bridgehead atoms. The summed E-state index contributed by atoms with van der Waals surface area (Å²) in [7, 11) is 1.80. The number of hydrogen-bond acceptors (Lipinski definition) is 2. The number of benzene rings is 1. The van der Waals surface area contributed by atoms with Gasteiger partial charge in [0, 0.05) is 19.3 Å². The third kappa shape index (κ3) is 6.29. The number of hydrogen-bond donors (Lipinski definition) is 0. The third-order valence-corrected chi connectivity index (χ3v) is 3.37. The average Bonchev–Trinajstić information content (AvgIpc) is 2.46. The van der Waals surface area contributed by atoms with Crippen LogP contribution < -0.4 is 4.74 Å². The van der Waals surface area contributed by atoms with E-state index in [2.05, 4.69) is 19.1 Å². The van der Waals surface area contributed by atoms with Crippen molar-refractivity contribution in [3.05, 3.63) is 29.8 Å². The van der Waals surface area contributed by atoms with Gasteiger partial charge in [0.1, 0.15) is 12.4 Å². The molecular weight excluding hydrogens is 274 g/mol. The smallest absolute Gasteiger partial charge is 0.222 e. The van der Waals surface area contributed by atoms with E-state index < -0.39 is 0 Å². The zero-order chi connectivity index (χ0) is 14.8. The van der Waals surface area contributed by atoms with Crippen LogP contribution in [0.3, 0.4) is 0 Å². The summed E-state index contributed by atoms with van der Waals surface area (Å²) in [4.78, 5) is 13.4. The van der Waals surface area contributed by atoms with E-state index in [1.165, 1.54) is 5.56 Å². The lowest BCUT2D eigenvalue weighted by molar-refractivity contribution is -0.130. The minimum absolute atomic E-state index is 0.118. The molecule has 1 amide bonds. The van der Waals surface area contributed by atoms with Crippen LogP contribution in [0.25, 0.3) is 0 Å². The summed E-state index contributed by atoms with van der Waals surface area (Å²) in [5.41, 5.74) is 1.33. The van der Waals surface area contributed by atoms with E-state index >= 15 is 0 Å². The number of amides is 1. The van der Waals surface area contributed by atoms with Crippen LogP contribution in [0.1, 0.15) is 31.7 Å². The minimum atomic E-state index is 0.118. The summed E-state index contributed by atoms with van der Waals surface area (Å²) in [5, 5.41) is 0. The Balaban J connectivity index is 2.27. The molecule has 20 heavy (non-hydrogen) atoms. The van der Waals surface area contributed by atoms with Crippen molar-refractivity contribution in [2.24, 2.45) is 0 Å². The number of alkyl halides is 1. The van der Waals surface area contributed by atoms with Crippen molar-refractivity contribution in [3.63, 3.8) is 0 Å². The number of carbonyl (C=O) groups is 1. The second kappa shape index (κ2) is 9.65. The Labute approximate surface area is 126 Å². The first-order chi connectivity index (χ1) is 9.67. The van der Waals surface area contributed by atoms with Gasteiger partial charge in [-0.05, 0) is 30.5 Å². The van der Waals surface area contributed by atoms with Gasteiger partial charge >= 0.3 is 0 Å². The fourth-order valence-corrected chi connectivity index (χ4v) is 2.01. The first kappa shape index (κ1) is 16.8. The number of halogens is 1. The molecule has 1 aromatic carbocycles. The molecule has 0 aliphatic carbocycles. The predicted molar refractivity (Wildman–Crippen MR) is 83.5 cm³/mol. The van der Waals surface area contributed by atoms with E-state index in [-0.39, 0.29) is 5.91 Å². The Morgan fingerprint density at radius 1 is 1.30 bits per heavy atom. The quantitative estimate of drug-likeness (QED) is 0.653. The maximum atomic E-state index is 11.7. The molecule has 0 spiro atoms. The normalized spacial score (nSPS) is 10.3. The van der Waals surface area contributed by atoms with Gasteiger partial charge in [0.25, 0.3) is 0 Å². The van der Waals surface area contributed by atoms with Crippen molar-refractivity contribution in [2.45, 2.75) is 32.6 Å². The van der Waals surface area contributed by atoms with Crippen molar-refractivity contribution >= 4 is 17.5 Å². The molecule has 0 aliphatic rings. The molecule has 0 fully saturated rings. The van der Waals surface area contributed by atoms with E-state index in [4.69, 9.17) is 16.3 Å². The highest BCUT2D eigenvalue weighted by molar-refractivity contribution is 6.17. The molecule has 0 aromatic heterocycles. The Kier molecular flexibility index (Phi) is 8.12. The largest absolute Gasteiger partial charge is 0.492 e. The molecule has 0 saturated carbocycles. The van der Waals surface area contributed by atoms with Crippen molar-refractivity contribution in [1.29, 1.82) is 0 Å². The average molecular weight is 298 g/mol. The van der Waals surface area contributed by atoms with E-state index in [0.717, 1.165) is 25.0 Å². The summed E-state index contributed by atoms with van der Waals surface area (Å²) >= 11 is 5.57. The fraction of sp³-hybridized carbons (Fsp3) is 0.562. The van der Waals surface area contributed by atoms with Crippen molar-refractivity contribution in [2.75, 3.05) is 26.1 Å². The molecule has 0 aliphatic heterocycles. The molecule has 1 aromatic rings. The maximum absolute atomic E-state index is 11.7. The molecule has 0 unspecified atom stereocenters. The highest BCUT2D eigenvalue weighted by atomic mass is 35.5. The number of aryl methyl sites for hydroxylation is 1. The van der Waals surface area contributed by atoms with E-state index in [0.29, 0.717) is 25.5 Å². The van der Waals surface area contributed by atoms with Crippen molar-refractivity contribution < 1.29 is 9.53 Å². The Morgan fingerprint density at radius 2 is 2.00 bits per heavy atom. The summed E-state index contributed by atoms with van der Waals surface area (Å²) in [5.74, 6) is 1.50. The molecule has 0 saturated heterocycles. The van der Waals surface area contributed by atoms with Gasteiger partial charge in [0.2, 0.25) is 5.91 Å². The lowest BCUT2D eigenvalue weighted by Gasteiger charge is -2.17. The Bertz CT molecular complexity index is 392. The van der Waals surface area contributed by atoms with E-state index in [9.17, 15) is 4.79 Å². The summed E-state index contributed by atoms with van der Waals surface area (Å²) in [6.45, 7) is 3.27. The second-order valence-corrected chi connectivity index (χ2v) is 5.23. The predicted octanol–water partition coefficient (Wildman–Crippen LogP) is 3.50. The zero-order valence-electron chi connectivity index (χ0n) is 12.4. The molecule has 112 valence electrons. The van der Waals surface area contributed by atoms with Crippen LogP contribution in [0.15, 0.2) is 24.3 Å². The Hall–Kier alpha value is -1.22. The number of likely N-dealkylation sites (N-methyl/N-ethyl adjacent to an activating group) is 1. The molecule has 0 radical (unpaired) electrons. The standard InChI is InChI=1S/C16H24ClNO2/c1-3-5-14-7-9-15(10-8-14)20-13-12-18(2)16(19)6-4-11-17/h7-10H,3-6,11-13H2,1-2H3. The summed E-state index contributed by atoms with van der Waals surface area (Å²) in [6, 6.07) is 8.16. The maximum Gasteiger partial charge on any atom is 0.222 e. The minimum Gasteiger partial charge on any atom is -0.492 e. The summed E-state index contributed by atoms with van der Waals surface area (Å²) < 4.78 is 5.64. The fourth-order valence-electron chi connectivity index (χ4n) is 1.88. The summed E-state index contributed by atoms with van der Waals surface area (Å²) in [6.07, 6.45) is 3.48. The number of rotatable bonds is 9. The molecule has 3 nitrogen and oxygen atoms in total. The van der Waals surface area contributed by atoms with Gasteiger partial charge in [-0.15, -0.1) is 11.6 Å². The van der Waals surface area contributed by atoms with Gasteiger partial charge in [-0.2, -0.15) is 0 Å². The Morgan fingerprint density at radius 3 is 2.60 bits per heavy atom. The number of nitrogens with zero attached hydrogens (tertiary/aromatic N) is 1. The van der Waals surface area contributed by atoms with Gasteiger partial charge < -0.3 is 9.64 Å². The van der Waals surface area contributed by atoms with Crippen LogP contribution in [0.2, 0.25) is 0 Å². The molecule has 4 heteroatoms. The van der Waals surface area contributed by atoms with Gasteiger partial charge in [-0.1, -0.05) is 25.5 Å². The SMILES string of the molecule is CCCc1ccc(OCCN(C)C(=O)CCCCl)cc1. The van der Waals surface area contributed by atoms with Crippen molar-refractivity contribution in [1.82, 2.24) is 4.90 Å². The first-order valence-corrected chi connectivity index (χ1v) is 7.72. The van der Waals surface area contributed by atoms with Crippen LogP contribution in [0, 0.1) is 0 Å². The van der Waals surface area contributed by atoms with Gasteiger partial charge in [-0.25, -0.2) is 0 Å². The van der Waals surface area contributed by atoms with Crippen LogP contribution in [0.4, 0.5) is 0 Å². The van der Waals surface area contributed by atoms with Gasteiger partial charge in [0.15, 0.2) is 0 Å². The van der Waals surface area contributed by atoms with E-state index in [1.54, 1.807) is 11.9 Å². The molecule has 0 atom stereocenters. The zero-order valence-corrected chi connectivity index (χ0v) is 13.2. The van der Waals surface area contributed by atoms with Crippen LogP contribution in [0.5, 0.6) is 5.75 Å². The third-order valence-electron chi connectivity index (χ3n) is 3.11. The first-order valence-electron chi connectivity index (χ1n) is 7.19. The van der Waals surface area contributed by atoms with Crippen LogP contribution >= 0.6 is 11.6 Å². The highest BCUT2D eigenvalue weighted by Crippen LogP contribution is 2.13. The number of carbonyl (C=O) groups excluding carboxylic acids is 1. The molecule has 1 rings (SSSR count). The molecular formula is C16H24ClNO2. The van der Waals surface area contributed by atoms with Gasteiger partial charge in [-0.3, -0.25) is 4.79 Å². The lowest BCUT2D eigenvalue weighted by atomic mass is 10.1. The highest BCUT2D eigenvalue weighted by Gasteiger charge is 2.07. The molecule has 0 N–H and O–H groups in total. The van der Waals surface area contributed by atoms with E-state index in [1.807, 2.05) is 12.1 Å². The van der Waals surface area contributed by atoms with Crippen LogP contribution in [-0.2, 0) is 11.2 Å². The van der Waals surface area contributed by atoms with Crippen LogP contribution in [-0.4, -0.2) is 36.9 Å². The second-order valence-electron chi connectivity index (χ2n) is 4.85. The van der Waals surface area contributed by atoms with Crippen molar-refractivity contribution in [3.8, 4) is 5.75 Å². The topological polar surface area (TPSA) is 29.5 Å². The van der Waals surface area contributed by atoms with Gasteiger partial charge in [0.05, 0.1) is 6.54 Å². The number of ether oxygens (including phenoxy) is 1. The molecule has 0 heterocycles. The monoisotopic (exact) mass is 297 g/mol. The lowest BCUT2D eigenvalue weighted by Crippen LogP contribution is -2.30.